The average Bonchev–Trinajstić information content (AvgIpc) is 2.46. The van der Waals surface area contributed by atoms with Crippen LogP contribution < -0.4 is 5.32 Å². The van der Waals surface area contributed by atoms with Crippen molar-refractivity contribution in [1.29, 1.82) is 0 Å². The summed E-state index contributed by atoms with van der Waals surface area (Å²) in [5.41, 5.74) is -0.893. The molecule has 0 aromatic carbocycles. The number of hydrogen-bond acceptors (Lipinski definition) is 5. The Bertz CT molecular complexity index is 686. The highest BCUT2D eigenvalue weighted by Gasteiger charge is 2.31. The van der Waals surface area contributed by atoms with E-state index in [0.717, 1.165) is 0 Å². The first-order chi connectivity index (χ1) is 10.8. The summed E-state index contributed by atoms with van der Waals surface area (Å²) in [6.45, 7) is 3.98. The molecule has 0 saturated heterocycles. The van der Waals surface area contributed by atoms with E-state index in [9.17, 15) is 18.0 Å². The number of anilines is 1. The molecule has 0 unspecified atom stereocenters. The maximum Gasteiger partial charge on any atom is 0.419 e. The molecule has 0 fully saturated rings. The zero-order valence-corrected chi connectivity index (χ0v) is 12.4. The number of rotatable bonds is 4. The molecule has 0 bridgehead atoms. The van der Waals surface area contributed by atoms with Crippen LogP contribution in [0.15, 0.2) is 24.7 Å². The molecule has 2 heterocycles. The third kappa shape index (κ3) is 4.70. The quantitative estimate of drug-likeness (QED) is 0.935. The second kappa shape index (κ2) is 6.67. The maximum absolute atomic E-state index is 12.4. The zero-order valence-electron chi connectivity index (χ0n) is 12.4. The molecule has 2 aromatic heterocycles. The molecular weight excluding hydrogens is 311 g/mol. The van der Waals surface area contributed by atoms with Crippen LogP contribution in [-0.2, 0) is 12.6 Å². The molecule has 0 radical (unpaired) electrons. The molecule has 6 nitrogen and oxygen atoms in total. The third-order valence-electron chi connectivity index (χ3n) is 2.73. The molecule has 0 spiro atoms. The summed E-state index contributed by atoms with van der Waals surface area (Å²) in [5.74, 6) is -0.00303. The molecule has 0 saturated carbocycles. The van der Waals surface area contributed by atoms with Gasteiger partial charge < -0.3 is 0 Å². The summed E-state index contributed by atoms with van der Waals surface area (Å²) in [4.78, 5) is 27.1. The van der Waals surface area contributed by atoms with Crippen LogP contribution >= 0.6 is 0 Å². The number of nitrogens with zero attached hydrogens (tertiary/aromatic N) is 4. The van der Waals surface area contributed by atoms with E-state index in [4.69, 9.17) is 0 Å². The minimum absolute atomic E-state index is 0.0964. The van der Waals surface area contributed by atoms with Crippen LogP contribution in [0.2, 0.25) is 0 Å². The lowest BCUT2D eigenvalue weighted by Crippen LogP contribution is -2.17. The van der Waals surface area contributed by atoms with E-state index in [1.54, 1.807) is 0 Å². The van der Waals surface area contributed by atoms with Crippen LogP contribution in [0.1, 0.15) is 35.7 Å². The molecule has 2 aromatic rings. The Hall–Kier alpha value is -2.58. The van der Waals surface area contributed by atoms with Gasteiger partial charge in [-0.15, -0.1) is 0 Å². The molecule has 0 aliphatic heterocycles. The maximum atomic E-state index is 12.4. The second-order valence-corrected chi connectivity index (χ2v) is 5.20. The van der Waals surface area contributed by atoms with Gasteiger partial charge in [0.05, 0.1) is 5.56 Å². The Balaban J connectivity index is 2.10. The van der Waals surface area contributed by atoms with Crippen LogP contribution in [0.25, 0.3) is 0 Å². The number of nitrogens with one attached hydrogen (secondary N) is 1. The van der Waals surface area contributed by atoms with Crippen LogP contribution in [0, 0.1) is 5.92 Å². The average molecular weight is 325 g/mol. The second-order valence-electron chi connectivity index (χ2n) is 5.20. The van der Waals surface area contributed by atoms with Gasteiger partial charge in [-0.1, -0.05) is 13.8 Å². The van der Waals surface area contributed by atoms with Gasteiger partial charge >= 0.3 is 6.18 Å². The number of halogens is 3. The smallest absolute Gasteiger partial charge is 0.289 e. The van der Waals surface area contributed by atoms with Crippen molar-refractivity contribution in [2.24, 2.45) is 5.92 Å². The standard InChI is InChI=1S/C14H14F3N5O/c1-8(2)5-11-18-4-3-10(21-11)12(23)22-13-19-6-9(7-20-13)14(15,16)17/h3-4,6-8H,5H2,1-2H3,(H,19,20,22,23). The van der Waals surface area contributed by atoms with Gasteiger partial charge in [-0.25, -0.2) is 19.9 Å². The molecule has 23 heavy (non-hydrogen) atoms. The fourth-order valence-electron chi connectivity index (χ4n) is 1.69. The van der Waals surface area contributed by atoms with Crippen LogP contribution in [-0.4, -0.2) is 25.8 Å². The lowest BCUT2D eigenvalue weighted by molar-refractivity contribution is -0.138. The van der Waals surface area contributed by atoms with Crippen molar-refractivity contribution in [2.75, 3.05) is 5.32 Å². The molecule has 0 aliphatic rings. The van der Waals surface area contributed by atoms with Crippen LogP contribution in [0.3, 0.4) is 0 Å². The van der Waals surface area contributed by atoms with E-state index in [2.05, 4.69) is 25.3 Å². The van der Waals surface area contributed by atoms with E-state index in [0.29, 0.717) is 30.6 Å². The highest BCUT2D eigenvalue weighted by molar-refractivity contribution is 6.01. The Morgan fingerprint density at radius 2 is 1.87 bits per heavy atom. The lowest BCUT2D eigenvalue weighted by Gasteiger charge is -2.08. The lowest BCUT2D eigenvalue weighted by atomic mass is 10.1. The van der Waals surface area contributed by atoms with Crippen LogP contribution in [0.4, 0.5) is 19.1 Å². The van der Waals surface area contributed by atoms with Gasteiger partial charge in [0.1, 0.15) is 11.5 Å². The summed E-state index contributed by atoms with van der Waals surface area (Å²) in [6, 6.07) is 1.41. The van der Waals surface area contributed by atoms with Gasteiger partial charge in [0.2, 0.25) is 5.95 Å². The molecule has 9 heteroatoms. The normalized spacial score (nSPS) is 11.6. The Labute approximate surface area is 130 Å². The minimum atomic E-state index is -4.53. The fraction of sp³-hybridized carbons (Fsp3) is 0.357. The van der Waals surface area contributed by atoms with Crippen molar-refractivity contribution in [2.45, 2.75) is 26.4 Å². The molecular formula is C14H14F3N5O. The molecule has 122 valence electrons. The monoisotopic (exact) mass is 325 g/mol. The first-order valence-corrected chi connectivity index (χ1v) is 6.78. The highest BCUT2D eigenvalue weighted by atomic mass is 19.4. The van der Waals surface area contributed by atoms with Gasteiger partial charge in [-0.05, 0) is 12.0 Å². The van der Waals surface area contributed by atoms with Crippen molar-refractivity contribution >= 4 is 11.9 Å². The minimum Gasteiger partial charge on any atom is -0.289 e. The van der Waals surface area contributed by atoms with E-state index in [-0.39, 0.29) is 11.6 Å². The number of aromatic nitrogens is 4. The predicted octanol–water partition coefficient (Wildman–Crippen LogP) is 2.74. The molecule has 1 amide bonds. The van der Waals surface area contributed by atoms with Gasteiger partial charge in [0.25, 0.3) is 5.91 Å². The summed E-state index contributed by atoms with van der Waals surface area (Å²) in [7, 11) is 0. The van der Waals surface area contributed by atoms with E-state index < -0.39 is 17.6 Å². The molecule has 2 rings (SSSR count). The number of carbonyl (C=O) groups is 1. The topological polar surface area (TPSA) is 80.7 Å². The first-order valence-electron chi connectivity index (χ1n) is 6.78. The van der Waals surface area contributed by atoms with E-state index in [1.165, 1.54) is 12.3 Å². The Morgan fingerprint density at radius 3 is 2.43 bits per heavy atom. The third-order valence-corrected chi connectivity index (χ3v) is 2.73. The summed E-state index contributed by atoms with van der Waals surface area (Å²) in [6.07, 6.45) is -1.26. The predicted molar refractivity (Wildman–Crippen MR) is 75.6 cm³/mol. The SMILES string of the molecule is CC(C)Cc1nccc(C(=O)Nc2ncc(C(F)(F)F)cn2)n1. The van der Waals surface area contributed by atoms with E-state index >= 15 is 0 Å². The highest BCUT2D eigenvalue weighted by Crippen LogP contribution is 2.28. The molecule has 0 atom stereocenters. The Kier molecular flexibility index (Phi) is 4.87. The number of hydrogen-bond donors (Lipinski definition) is 1. The molecule has 0 aliphatic carbocycles. The van der Waals surface area contributed by atoms with Crippen molar-refractivity contribution in [3.63, 3.8) is 0 Å². The summed E-state index contributed by atoms with van der Waals surface area (Å²) < 4.78 is 37.2. The van der Waals surface area contributed by atoms with Crippen molar-refractivity contribution in [1.82, 2.24) is 19.9 Å². The van der Waals surface area contributed by atoms with Crippen molar-refractivity contribution in [3.05, 3.63) is 41.7 Å². The summed E-state index contributed by atoms with van der Waals surface area (Å²) in [5, 5.41) is 2.30. The Morgan fingerprint density at radius 1 is 1.22 bits per heavy atom. The first kappa shape index (κ1) is 16.8. The summed E-state index contributed by atoms with van der Waals surface area (Å²) >= 11 is 0. The van der Waals surface area contributed by atoms with E-state index in [1.807, 2.05) is 13.8 Å². The fourth-order valence-corrected chi connectivity index (χ4v) is 1.69. The van der Waals surface area contributed by atoms with Gasteiger partial charge in [0, 0.05) is 25.0 Å². The largest absolute Gasteiger partial charge is 0.419 e. The van der Waals surface area contributed by atoms with Gasteiger partial charge in [0.15, 0.2) is 0 Å². The molecule has 1 N–H and O–H groups in total. The van der Waals surface area contributed by atoms with Crippen LogP contribution in [0.5, 0.6) is 0 Å². The van der Waals surface area contributed by atoms with Crippen molar-refractivity contribution in [3.8, 4) is 0 Å². The zero-order chi connectivity index (χ0) is 17.0. The number of alkyl halides is 3. The number of carbonyl (C=O) groups excluding carboxylic acids is 1. The number of amides is 1. The van der Waals surface area contributed by atoms with Crippen molar-refractivity contribution < 1.29 is 18.0 Å². The van der Waals surface area contributed by atoms with Gasteiger partial charge in [-0.2, -0.15) is 13.2 Å². The van der Waals surface area contributed by atoms with Gasteiger partial charge in [-0.3, -0.25) is 10.1 Å².